The molecule has 6 heteroatoms. The van der Waals surface area contributed by atoms with Crippen LogP contribution >= 0.6 is 0 Å². The van der Waals surface area contributed by atoms with E-state index in [9.17, 15) is 4.79 Å². The summed E-state index contributed by atoms with van der Waals surface area (Å²) in [5.74, 6) is -0.418. The Hall–Kier alpha value is -1.69. The molecular weight excluding hydrogens is 234 g/mol. The Bertz CT molecular complexity index is 417. The van der Waals surface area contributed by atoms with Crippen LogP contribution in [0.25, 0.3) is 0 Å². The Morgan fingerprint density at radius 2 is 2.22 bits per heavy atom. The molecule has 2 rings (SSSR count). The van der Waals surface area contributed by atoms with Crippen LogP contribution in [0.1, 0.15) is 30.3 Å². The molecule has 0 amide bonds. The van der Waals surface area contributed by atoms with Crippen molar-refractivity contribution >= 4 is 11.8 Å². The van der Waals surface area contributed by atoms with E-state index >= 15 is 0 Å². The summed E-state index contributed by atoms with van der Waals surface area (Å²) in [7, 11) is 0. The number of anilines is 1. The van der Waals surface area contributed by atoms with Crippen LogP contribution in [0.2, 0.25) is 0 Å². The van der Waals surface area contributed by atoms with Crippen LogP contribution in [0.3, 0.4) is 0 Å². The van der Waals surface area contributed by atoms with Crippen LogP contribution in [-0.2, 0) is 4.74 Å². The fourth-order valence-corrected chi connectivity index (χ4v) is 2.10. The second-order valence-corrected chi connectivity index (χ2v) is 4.21. The van der Waals surface area contributed by atoms with E-state index in [2.05, 4.69) is 14.9 Å². The highest BCUT2D eigenvalue weighted by molar-refractivity contribution is 5.85. The summed E-state index contributed by atoms with van der Waals surface area (Å²) in [5, 5.41) is 8.88. The van der Waals surface area contributed by atoms with Gasteiger partial charge in [0.1, 0.15) is 5.82 Å². The number of hydrogen-bond acceptors (Lipinski definition) is 5. The van der Waals surface area contributed by atoms with Crippen molar-refractivity contribution in [3.8, 4) is 0 Å². The van der Waals surface area contributed by atoms with Crippen molar-refractivity contribution in [2.45, 2.75) is 25.9 Å². The normalized spacial score (nSPS) is 16.8. The molecule has 0 radical (unpaired) electrons. The number of aromatic nitrogens is 2. The van der Waals surface area contributed by atoms with Crippen LogP contribution < -0.4 is 4.90 Å². The summed E-state index contributed by atoms with van der Waals surface area (Å²) in [6, 6.07) is 0. The second kappa shape index (κ2) is 5.77. The summed E-state index contributed by atoms with van der Waals surface area (Å²) in [6.07, 6.45) is 5.05. The van der Waals surface area contributed by atoms with Gasteiger partial charge in [0.2, 0.25) is 0 Å². The Kier molecular flexibility index (Phi) is 4.09. The fourth-order valence-electron chi connectivity index (χ4n) is 2.10. The van der Waals surface area contributed by atoms with Crippen molar-refractivity contribution in [1.29, 1.82) is 0 Å². The van der Waals surface area contributed by atoms with Gasteiger partial charge < -0.3 is 14.7 Å². The number of rotatable bonds is 4. The zero-order valence-electron chi connectivity index (χ0n) is 10.4. The van der Waals surface area contributed by atoms with Crippen molar-refractivity contribution < 1.29 is 14.6 Å². The number of hydrogen-bond donors (Lipinski definition) is 1. The second-order valence-electron chi connectivity index (χ2n) is 4.21. The molecule has 18 heavy (non-hydrogen) atoms. The van der Waals surface area contributed by atoms with E-state index in [0.717, 1.165) is 32.5 Å². The molecule has 1 fully saturated rings. The molecular formula is C12H17N3O3. The molecule has 0 aromatic carbocycles. The maximum atomic E-state index is 10.8. The molecule has 1 aliphatic rings. The van der Waals surface area contributed by atoms with Crippen LogP contribution in [0.15, 0.2) is 12.4 Å². The fraction of sp³-hybridized carbons (Fsp3) is 0.583. The topological polar surface area (TPSA) is 75.5 Å². The number of ether oxygens (including phenoxy) is 1. The third-order valence-corrected chi connectivity index (χ3v) is 3.01. The van der Waals surface area contributed by atoms with Gasteiger partial charge in [-0.25, -0.2) is 9.78 Å². The highest BCUT2D eigenvalue weighted by atomic mass is 16.5. The zero-order valence-corrected chi connectivity index (χ0v) is 10.4. The standard InChI is InChI=1S/C12H17N3O3/c1-2-18-9-3-5-15(6-4-9)11-8-13-7-10(14-11)12(16)17/h7-9H,2-6H2,1H3,(H,16,17). The van der Waals surface area contributed by atoms with Gasteiger partial charge in [-0.05, 0) is 19.8 Å². The number of carbonyl (C=O) groups is 1. The lowest BCUT2D eigenvalue weighted by Gasteiger charge is -2.32. The SMILES string of the molecule is CCOC1CCN(c2cncc(C(=O)O)n2)CC1. The Balaban J connectivity index is 2.01. The summed E-state index contributed by atoms with van der Waals surface area (Å²) in [6.45, 7) is 4.37. The van der Waals surface area contributed by atoms with Gasteiger partial charge in [-0.2, -0.15) is 0 Å². The van der Waals surface area contributed by atoms with Crippen LogP contribution in [0.4, 0.5) is 5.82 Å². The molecule has 1 aromatic heterocycles. The van der Waals surface area contributed by atoms with Crippen molar-refractivity contribution in [3.05, 3.63) is 18.1 Å². The molecule has 98 valence electrons. The maximum Gasteiger partial charge on any atom is 0.356 e. The molecule has 2 heterocycles. The zero-order chi connectivity index (χ0) is 13.0. The van der Waals surface area contributed by atoms with Gasteiger partial charge in [-0.1, -0.05) is 0 Å². The Labute approximate surface area is 106 Å². The molecule has 0 aliphatic carbocycles. The lowest BCUT2D eigenvalue weighted by molar-refractivity contribution is 0.0458. The Morgan fingerprint density at radius 3 is 2.83 bits per heavy atom. The highest BCUT2D eigenvalue weighted by Crippen LogP contribution is 2.19. The number of carboxylic acids is 1. The lowest BCUT2D eigenvalue weighted by Crippen LogP contribution is -2.37. The summed E-state index contributed by atoms with van der Waals surface area (Å²) >= 11 is 0. The molecule has 0 atom stereocenters. The minimum atomic E-state index is -1.05. The Morgan fingerprint density at radius 1 is 1.50 bits per heavy atom. The van der Waals surface area contributed by atoms with E-state index in [1.165, 1.54) is 6.20 Å². The van der Waals surface area contributed by atoms with Gasteiger partial charge in [0.05, 0.1) is 18.5 Å². The van der Waals surface area contributed by atoms with Crippen LogP contribution in [0, 0.1) is 0 Å². The molecule has 1 N–H and O–H groups in total. The third kappa shape index (κ3) is 2.95. The lowest BCUT2D eigenvalue weighted by atomic mass is 10.1. The van der Waals surface area contributed by atoms with E-state index in [0.29, 0.717) is 11.9 Å². The van der Waals surface area contributed by atoms with Crippen LogP contribution in [-0.4, -0.2) is 46.8 Å². The molecule has 1 saturated heterocycles. The first-order valence-corrected chi connectivity index (χ1v) is 6.12. The van der Waals surface area contributed by atoms with Gasteiger partial charge in [-0.3, -0.25) is 4.98 Å². The van der Waals surface area contributed by atoms with Crippen molar-refractivity contribution in [2.75, 3.05) is 24.6 Å². The van der Waals surface area contributed by atoms with Gasteiger partial charge in [0, 0.05) is 19.7 Å². The van der Waals surface area contributed by atoms with Crippen molar-refractivity contribution in [1.82, 2.24) is 9.97 Å². The first-order chi connectivity index (χ1) is 8.70. The quantitative estimate of drug-likeness (QED) is 0.866. The molecule has 0 bridgehead atoms. The number of carboxylic acid groups (broad SMARTS) is 1. The smallest absolute Gasteiger partial charge is 0.356 e. The number of piperidine rings is 1. The molecule has 6 nitrogen and oxygen atoms in total. The molecule has 1 aromatic rings. The summed E-state index contributed by atoms with van der Waals surface area (Å²) in [5.41, 5.74) is -0.0144. The minimum absolute atomic E-state index is 0.0144. The average molecular weight is 251 g/mol. The third-order valence-electron chi connectivity index (χ3n) is 3.01. The molecule has 0 spiro atoms. The van der Waals surface area contributed by atoms with Gasteiger partial charge in [-0.15, -0.1) is 0 Å². The average Bonchev–Trinajstić information content (AvgIpc) is 2.40. The van der Waals surface area contributed by atoms with E-state index in [-0.39, 0.29) is 5.69 Å². The van der Waals surface area contributed by atoms with E-state index in [1.807, 2.05) is 6.92 Å². The summed E-state index contributed by atoms with van der Waals surface area (Å²) < 4.78 is 5.57. The van der Waals surface area contributed by atoms with E-state index in [1.54, 1.807) is 6.20 Å². The minimum Gasteiger partial charge on any atom is -0.476 e. The van der Waals surface area contributed by atoms with Gasteiger partial charge in [0.25, 0.3) is 0 Å². The predicted molar refractivity (Wildman–Crippen MR) is 65.9 cm³/mol. The number of nitrogens with zero attached hydrogens (tertiary/aromatic N) is 3. The van der Waals surface area contributed by atoms with Crippen LogP contribution in [0.5, 0.6) is 0 Å². The highest BCUT2D eigenvalue weighted by Gasteiger charge is 2.21. The van der Waals surface area contributed by atoms with Crippen molar-refractivity contribution in [3.63, 3.8) is 0 Å². The number of aromatic carboxylic acids is 1. The largest absolute Gasteiger partial charge is 0.476 e. The maximum absolute atomic E-state index is 10.8. The first-order valence-electron chi connectivity index (χ1n) is 6.12. The molecule has 0 saturated carbocycles. The predicted octanol–water partition coefficient (Wildman–Crippen LogP) is 1.18. The summed E-state index contributed by atoms with van der Waals surface area (Å²) in [4.78, 5) is 20.9. The van der Waals surface area contributed by atoms with E-state index < -0.39 is 5.97 Å². The molecule has 0 unspecified atom stereocenters. The monoisotopic (exact) mass is 251 g/mol. The van der Waals surface area contributed by atoms with E-state index in [4.69, 9.17) is 9.84 Å². The molecule has 1 aliphatic heterocycles. The first kappa shape index (κ1) is 12.8. The van der Waals surface area contributed by atoms with Gasteiger partial charge in [0.15, 0.2) is 5.69 Å². The van der Waals surface area contributed by atoms with Gasteiger partial charge >= 0.3 is 5.97 Å². The van der Waals surface area contributed by atoms with Crippen molar-refractivity contribution in [2.24, 2.45) is 0 Å².